The predicted octanol–water partition coefficient (Wildman–Crippen LogP) is 2.28. The molecule has 3 nitrogen and oxygen atoms in total. The smallest absolute Gasteiger partial charge is 0.370 e. The Morgan fingerprint density at radius 1 is 1.31 bits per heavy atom. The average molecular weight is 194 g/mol. The van der Waals surface area contributed by atoms with E-state index >= 15 is 0 Å². The Morgan fingerprint density at radius 3 is 2.15 bits per heavy atom. The van der Waals surface area contributed by atoms with Gasteiger partial charge in [0.15, 0.2) is 0 Å². The van der Waals surface area contributed by atoms with Crippen LogP contribution >= 0.6 is 0 Å². The molecular formula is C7H9F3N2O. The third kappa shape index (κ3) is 1.54. The van der Waals surface area contributed by atoms with Gasteiger partial charge in [0.05, 0.1) is 12.2 Å². The molecule has 0 aromatic carbocycles. The van der Waals surface area contributed by atoms with Gasteiger partial charge in [0.1, 0.15) is 0 Å². The van der Waals surface area contributed by atoms with E-state index in [1.807, 2.05) is 0 Å². The van der Waals surface area contributed by atoms with Crippen LogP contribution in [-0.4, -0.2) is 24.0 Å². The third-order valence-electron chi connectivity index (χ3n) is 2.43. The molecule has 0 radical (unpaired) electrons. The summed E-state index contributed by atoms with van der Waals surface area (Å²) in [5.41, 5.74) is -2.45. The molecule has 2 aliphatic rings. The Morgan fingerprint density at radius 2 is 1.85 bits per heavy atom. The maximum absolute atomic E-state index is 12.3. The first-order chi connectivity index (χ1) is 5.87. The number of halogens is 3. The van der Waals surface area contributed by atoms with E-state index in [1.54, 1.807) is 6.92 Å². The molecule has 6 heteroatoms. The van der Waals surface area contributed by atoms with Gasteiger partial charge >= 0.3 is 6.18 Å². The van der Waals surface area contributed by atoms with Crippen LogP contribution in [0.4, 0.5) is 13.2 Å². The molecule has 0 amide bonds. The Labute approximate surface area is 73.0 Å². The zero-order chi connectivity index (χ0) is 9.74. The molecule has 0 N–H and O–H groups in total. The maximum Gasteiger partial charge on any atom is 0.437 e. The van der Waals surface area contributed by atoms with Crippen LogP contribution in [0.1, 0.15) is 19.8 Å². The molecule has 0 saturated carbocycles. The van der Waals surface area contributed by atoms with Crippen LogP contribution in [0.25, 0.3) is 0 Å². The number of hydrogen-bond acceptors (Lipinski definition) is 3. The molecule has 1 atom stereocenters. The highest BCUT2D eigenvalue weighted by molar-refractivity contribution is 5.02. The first-order valence-corrected chi connectivity index (χ1v) is 4.02. The Balaban J connectivity index is 1.87. The van der Waals surface area contributed by atoms with Crippen molar-refractivity contribution in [3.8, 4) is 0 Å². The number of alkyl halides is 3. The molecule has 2 rings (SSSR count). The molecule has 0 aromatic heterocycles. The van der Waals surface area contributed by atoms with Crippen molar-refractivity contribution in [2.75, 3.05) is 6.61 Å². The van der Waals surface area contributed by atoms with Gasteiger partial charge in [-0.05, 0) is 13.3 Å². The Hall–Kier alpha value is -0.650. The fourth-order valence-corrected chi connectivity index (χ4v) is 1.12. The lowest BCUT2D eigenvalue weighted by atomic mass is 10.00. The fourth-order valence-electron chi connectivity index (χ4n) is 1.12. The van der Waals surface area contributed by atoms with Crippen molar-refractivity contribution in [1.29, 1.82) is 0 Å². The van der Waals surface area contributed by atoms with Gasteiger partial charge < -0.3 is 4.74 Å². The van der Waals surface area contributed by atoms with E-state index in [4.69, 9.17) is 4.74 Å². The summed E-state index contributed by atoms with van der Waals surface area (Å²) >= 11 is 0. The van der Waals surface area contributed by atoms with Crippen molar-refractivity contribution in [2.24, 2.45) is 10.2 Å². The summed E-state index contributed by atoms with van der Waals surface area (Å²) in [6.45, 7) is 2.33. The number of rotatable bonds is 3. The van der Waals surface area contributed by atoms with Crippen molar-refractivity contribution >= 4 is 0 Å². The van der Waals surface area contributed by atoms with Crippen molar-refractivity contribution < 1.29 is 17.9 Å². The van der Waals surface area contributed by atoms with Gasteiger partial charge in [0.2, 0.25) is 0 Å². The summed E-state index contributed by atoms with van der Waals surface area (Å²) in [6, 6.07) is 0. The zero-order valence-corrected chi connectivity index (χ0v) is 7.06. The van der Waals surface area contributed by atoms with Crippen molar-refractivity contribution in [3.05, 3.63) is 0 Å². The van der Waals surface area contributed by atoms with Gasteiger partial charge in [0.25, 0.3) is 5.66 Å². The van der Waals surface area contributed by atoms with Gasteiger partial charge in [0, 0.05) is 6.42 Å². The Bertz CT molecular complexity index is 251. The van der Waals surface area contributed by atoms with Crippen LogP contribution in [0.3, 0.4) is 0 Å². The van der Waals surface area contributed by atoms with Crippen LogP contribution < -0.4 is 0 Å². The molecule has 0 spiro atoms. The second-order valence-electron chi connectivity index (χ2n) is 3.75. The molecule has 2 heterocycles. The zero-order valence-electron chi connectivity index (χ0n) is 7.06. The SMILES string of the molecule is CC1(CCC2(C(F)(F)F)N=N2)CO1. The summed E-state index contributed by atoms with van der Waals surface area (Å²) in [4.78, 5) is 0. The second-order valence-corrected chi connectivity index (χ2v) is 3.75. The van der Waals surface area contributed by atoms with Gasteiger partial charge in [-0.1, -0.05) is 0 Å². The Kier molecular flexibility index (Phi) is 1.53. The summed E-state index contributed by atoms with van der Waals surface area (Å²) in [7, 11) is 0. The van der Waals surface area contributed by atoms with E-state index in [1.165, 1.54) is 0 Å². The van der Waals surface area contributed by atoms with Crippen LogP contribution in [0.15, 0.2) is 10.2 Å². The highest BCUT2D eigenvalue weighted by Gasteiger charge is 2.64. The molecule has 0 aliphatic carbocycles. The molecule has 1 saturated heterocycles. The van der Waals surface area contributed by atoms with E-state index < -0.39 is 11.8 Å². The highest BCUT2D eigenvalue weighted by atomic mass is 19.4. The van der Waals surface area contributed by atoms with E-state index in [0.717, 1.165) is 0 Å². The molecular weight excluding hydrogens is 185 g/mol. The van der Waals surface area contributed by atoms with Crippen molar-refractivity contribution in [3.63, 3.8) is 0 Å². The minimum atomic E-state index is -4.34. The summed E-state index contributed by atoms with van der Waals surface area (Å²) < 4.78 is 41.8. The van der Waals surface area contributed by atoms with E-state index in [9.17, 15) is 13.2 Å². The molecule has 1 unspecified atom stereocenters. The number of hydrogen-bond donors (Lipinski definition) is 0. The minimum absolute atomic E-state index is 0.0903. The summed E-state index contributed by atoms with van der Waals surface area (Å²) in [5.74, 6) is 0. The second kappa shape index (κ2) is 2.23. The molecule has 74 valence electrons. The third-order valence-corrected chi connectivity index (χ3v) is 2.43. The van der Waals surface area contributed by atoms with Crippen LogP contribution in [-0.2, 0) is 4.74 Å². The quantitative estimate of drug-likeness (QED) is 0.635. The predicted molar refractivity (Wildman–Crippen MR) is 37.2 cm³/mol. The molecule has 13 heavy (non-hydrogen) atoms. The first-order valence-electron chi connectivity index (χ1n) is 4.02. The van der Waals surface area contributed by atoms with Gasteiger partial charge in [-0.2, -0.15) is 13.2 Å². The standard InChI is InChI=1S/C7H9F3N2O/c1-5(4-13-5)2-3-6(11-12-6)7(8,9)10/h2-4H2,1H3. The van der Waals surface area contributed by atoms with E-state index in [-0.39, 0.29) is 12.0 Å². The molecule has 2 aliphatic heterocycles. The van der Waals surface area contributed by atoms with Crippen molar-refractivity contribution in [2.45, 2.75) is 37.2 Å². The number of ether oxygens (including phenoxy) is 1. The fraction of sp³-hybridized carbons (Fsp3) is 1.00. The first kappa shape index (κ1) is 8.93. The van der Waals surface area contributed by atoms with Crippen LogP contribution in [0, 0.1) is 0 Å². The summed E-state index contributed by atoms with van der Waals surface area (Å²) in [6.07, 6.45) is -4.06. The number of epoxide rings is 1. The lowest BCUT2D eigenvalue weighted by Gasteiger charge is -2.14. The largest absolute Gasteiger partial charge is 0.437 e. The van der Waals surface area contributed by atoms with Gasteiger partial charge in [-0.3, -0.25) is 0 Å². The normalized spacial score (nSPS) is 34.8. The van der Waals surface area contributed by atoms with Crippen molar-refractivity contribution in [1.82, 2.24) is 0 Å². The molecule has 0 bridgehead atoms. The van der Waals surface area contributed by atoms with Crippen LogP contribution in [0.2, 0.25) is 0 Å². The van der Waals surface area contributed by atoms with Crippen LogP contribution in [0.5, 0.6) is 0 Å². The average Bonchev–Trinajstić information content (AvgIpc) is 2.79. The lowest BCUT2D eigenvalue weighted by Crippen LogP contribution is -2.33. The molecule has 0 aromatic rings. The lowest BCUT2D eigenvalue weighted by molar-refractivity contribution is -0.165. The monoisotopic (exact) mass is 194 g/mol. The van der Waals surface area contributed by atoms with Gasteiger partial charge in [-0.25, -0.2) is 0 Å². The van der Waals surface area contributed by atoms with E-state index in [0.29, 0.717) is 13.0 Å². The maximum atomic E-state index is 12.3. The topological polar surface area (TPSA) is 37.2 Å². The van der Waals surface area contributed by atoms with Gasteiger partial charge in [-0.15, -0.1) is 10.2 Å². The van der Waals surface area contributed by atoms with E-state index in [2.05, 4.69) is 10.2 Å². The minimum Gasteiger partial charge on any atom is -0.370 e. The molecule has 1 fully saturated rings. The summed E-state index contributed by atoms with van der Waals surface area (Å²) in [5, 5.41) is 6.16. The highest BCUT2D eigenvalue weighted by Crippen LogP contribution is 2.49. The number of nitrogens with zero attached hydrogens (tertiary/aromatic N) is 2.